The van der Waals surface area contributed by atoms with Gasteiger partial charge in [0.05, 0.1) is 27.8 Å². The van der Waals surface area contributed by atoms with E-state index in [1.807, 2.05) is 42.5 Å². The van der Waals surface area contributed by atoms with Gasteiger partial charge in [-0.2, -0.15) is 0 Å². The molecule has 2 aromatic carbocycles. The van der Waals surface area contributed by atoms with Crippen molar-refractivity contribution in [3.8, 4) is 0 Å². The Bertz CT molecular complexity index is 867. The van der Waals surface area contributed by atoms with Crippen molar-refractivity contribution in [1.29, 1.82) is 0 Å². The highest BCUT2D eigenvalue weighted by Gasteiger charge is 2.24. The number of carbonyl (C=O) groups excluding carboxylic acids is 1. The molecule has 1 fully saturated rings. The fourth-order valence-corrected chi connectivity index (χ4v) is 4.85. The molecule has 1 saturated heterocycles. The van der Waals surface area contributed by atoms with Gasteiger partial charge in [0, 0.05) is 5.92 Å². The van der Waals surface area contributed by atoms with Crippen molar-refractivity contribution in [2.24, 2.45) is 0 Å². The lowest BCUT2D eigenvalue weighted by Gasteiger charge is -2.30. The molecular formula is C22H25N3OS. The lowest BCUT2D eigenvalue weighted by molar-refractivity contribution is -0.123. The Balaban J connectivity index is 1.28. The van der Waals surface area contributed by atoms with E-state index in [0.717, 1.165) is 37.0 Å². The Labute approximate surface area is 164 Å². The summed E-state index contributed by atoms with van der Waals surface area (Å²) < 4.78 is 1.27. The van der Waals surface area contributed by atoms with Gasteiger partial charge in [-0.3, -0.25) is 9.69 Å². The minimum absolute atomic E-state index is 0.0407. The fourth-order valence-electron chi connectivity index (χ4n) is 3.72. The van der Waals surface area contributed by atoms with Gasteiger partial charge in [-0.1, -0.05) is 42.5 Å². The standard InChI is InChI=1S/C22H25N3OS/c1-16(17-7-3-2-4-8-17)23-21(26)15-25-13-11-18(12-14-25)22-24-19-9-5-6-10-20(19)27-22/h2-10,16,18H,11-15H2,1H3,(H,23,26). The van der Waals surface area contributed by atoms with E-state index in [0.29, 0.717) is 12.5 Å². The van der Waals surface area contributed by atoms with E-state index >= 15 is 0 Å². The lowest BCUT2D eigenvalue weighted by Crippen LogP contribution is -2.41. The number of fused-ring (bicyclic) bond motifs is 1. The van der Waals surface area contributed by atoms with E-state index in [2.05, 4.69) is 40.5 Å². The SMILES string of the molecule is CC(NC(=O)CN1CCC(c2nc3ccccc3s2)CC1)c1ccccc1. The largest absolute Gasteiger partial charge is 0.348 e. The number of thiazole rings is 1. The van der Waals surface area contributed by atoms with Crippen molar-refractivity contribution in [1.82, 2.24) is 15.2 Å². The maximum Gasteiger partial charge on any atom is 0.234 e. The number of para-hydroxylation sites is 1. The van der Waals surface area contributed by atoms with Crippen LogP contribution in [-0.2, 0) is 4.79 Å². The first kappa shape index (κ1) is 18.1. The number of carbonyl (C=O) groups is 1. The average molecular weight is 380 g/mol. The molecule has 0 aliphatic carbocycles. The van der Waals surface area contributed by atoms with Gasteiger partial charge < -0.3 is 5.32 Å². The van der Waals surface area contributed by atoms with Gasteiger partial charge in [-0.15, -0.1) is 11.3 Å². The lowest BCUT2D eigenvalue weighted by atomic mass is 9.97. The predicted molar refractivity (Wildman–Crippen MR) is 111 cm³/mol. The third kappa shape index (κ3) is 4.37. The highest BCUT2D eigenvalue weighted by Crippen LogP contribution is 2.33. The molecule has 0 radical (unpaired) electrons. The smallest absolute Gasteiger partial charge is 0.234 e. The molecule has 140 valence electrons. The molecule has 3 aromatic rings. The summed E-state index contributed by atoms with van der Waals surface area (Å²) in [5, 5.41) is 4.36. The number of rotatable bonds is 5. The third-order valence-corrected chi connectivity index (χ3v) is 6.49. The van der Waals surface area contributed by atoms with Crippen LogP contribution in [0.5, 0.6) is 0 Å². The number of nitrogens with one attached hydrogen (secondary N) is 1. The molecule has 0 bridgehead atoms. The molecule has 5 heteroatoms. The summed E-state index contributed by atoms with van der Waals surface area (Å²) in [7, 11) is 0. The number of hydrogen-bond acceptors (Lipinski definition) is 4. The minimum atomic E-state index is 0.0407. The highest BCUT2D eigenvalue weighted by atomic mass is 32.1. The van der Waals surface area contributed by atoms with E-state index in [9.17, 15) is 4.79 Å². The zero-order chi connectivity index (χ0) is 18.6. The van der Waals surface area contributed by atoms with Crippen molar-refractivity contribution in [2.45, 2.75) is 31.7 Å². The predicted octanol–water partition coefficient (Wildman–Crippen LogP) is 4.35. The van der Waals surface area contributed by atoms with E-state index in [1.165, 1.54) is 9.71 Å². The van der Waals surface area contributed by atoms with E-state index < -0.39 is 0 Å². The van der Waals surface area contributed by atoms with Crippen LogP contribution < -0.4 is 5.32 Å². The first-order chi connectivity index (χ1) is 13.2. The van der Waals surface area contributed by atoms with Crippen molar-refractivity contribution < 1.29 is 4.79 Å². The third-order valence-electron chi connectivity index (χ3n) is 5.29. The molecule has 1 aromatic heterocycles. The molecule has 27 heavy (non-hydrogen) atoms. The fraction of sp³-hybridized carbons (Fsp3) is 0.364. The molecule has 1 aliphatic heterocycles. The van der Waals surface area contributed by atoms with Crippen LogP contribution in [0.15, 0.2) is 54.6 Å². The Kier molecular flexibility index (Phi) is 5.50. The maximum absolute atomic E-state index is 12.4. The summed E-state index contributed by atoms with van der Waals surface area (Å²) in [5.74, 6) is 0.620. The quantitative estimate of drug-likeness (QED) is 0.717. The minimum Gasteiger partial charge on any atom is -0.348 e. The van der Waals surface area contributed by atoms with Crippen LogP contribution in [0.2, 0.25) is 0 Å². The molecule has 1 atom stereocenters. The van der Waals surface area contributed by atoms with Crippen molar-refractivity contribution in [3.63, 3.8) is 0 Å². The van der Waals surface area contributed by atoms with E-state index in [4.69, 9.17) is 4.98 Å². The van der Waals surface area contributed by atoms with Crippen molar-refractivity contribution >= 4 is 27.5 Å². The van der Waals surface area contributed by atoms with Gasteiger partial charge in [0.1, 0.15) is 0 Å². The van der Waals surface area contributed by atoms with Crippen molar-refractivity contribution in [3.05, 3.63) is 65.2 Å². The Morgan fingerprint density at radius 2 is 1.85 bits per heavy atom. The van der Waals surface area contributed by atoms with Crippen LogP contribution in [0.25, 0.3) is 10.2 Å². The number of aromatic nitrogens is 1. The van der Waals surface area contributed by atoms with Gasteiger partial charge in [0.25, 0.3) is 0 Å². The molecule has 2 heterocycles. The van der Waals surface area contributed by atoms with Gasteiger partial charge in [-0.05, 0) is 50.6 Å². The molecule has 1 N–H and O–H groups in total. The van der Waals surface area contributed by atoms with Crippen LogP contribution in [-0.4, -0.2) is 35.4 Å². The second-order valence-corrected chi connectivity index (χ2v) is 8.33. The zero-order valence-corrected chi connectivity index (χ0v) is 16.4. The van der Waals surface area contributed by atoms with Gasteiger partial charge in [-0.25, -0.2) is 4.98 Å². The molecule has 4 rings (SSSR count). The second kappa shape index (κ2) is 8.19. The summed E-state index contributed by atoms with van der Waals surface area (Å²) in [4.78, 5) is 19.5. The summed E-state index contributed by atoms with van der Waals surface area (Å²) in [6, 6.07) is 18.5. The van der Waals surface area contributed by atoms with E-state index in [1.54, 1.807) is 0 Å². The highest BCUT2D eigenvalue weighted by molar-refractivity contribution is 7.18. The van der Waals surface area contributed by atoms with E-state index in [-0.39, 0.29) is 11.9 Å². The Hall–Kier alpha value is -2.24. The molecule has 0 spiro atoms. The van der Waals surface area contributed by atoms with Crippen LogP contribution in [0.3, 0.4) is 0 Å². The first-order valence-electron chi connectivity index (χ1n) is 9.61. The summed E-state index contributed by atoms with van der Waals surface area (Å²) in [6.07, 6.45) is 2.14. The van der Waals surface area contributed by atoms with Crippen molar-refractivity contribution in [2.75, 3.05) is 19.6 Å². The van der Waals surface area contributed by atoms with Crippen LogP contribution in [0, 0.1) is 0 Å². The number of hydrogen-bond donors (Lipinski definition) is 1. The summed E-state index contributed by atoms with van der Waals surface area (Å²) >= 11 is 1.82. The summed E-state index contributed by atoms with van der Waals surface area (Å²) in [5.41, 5.74) is 2.25. The number of nitrogens with zero attached hydrogens (tertiary/aromatic N) is 2. The van der Waals surface area contributed by atoms with Crippen LogP contribution >= 0.6 is 11.3 Å². The molecule has 1 aliphatic rings. The second-order valence-electron chi connectivity index (χ2n) is 7.27. The number of likely N-dealkylation sites (tertiary alicyclic amines) is 1. The van der Waals surface area contributed by atoms with Crippen LogP contribution in [0.4, 0.5) is 0 Å². The molecule has 1 amide bonds. The molecule has 4 nitrogen and oxygen atoms in total. The van der Waals surface area contributed by atoms with Gasteiger partial charge in [0.2, 0.25) is 5.91 Å². The molecular weight excluding hydrogens is 354 g/mol. The van der Waals surface area contributed by atoms with Gasteiger partial charge >= 0.3 is 0 Å². The Morgan fingerprint density at radius 1 is 1.15 bits per heavy atom. The maximum atomic E-state index is 12.4. The Morgan fingerprint density at radius 3 is 2.59 bits per heavy atom. The van der Waals surface area contributed by atoms with Crippen LogP contribution in [0.1, 0.15) is 42.3 Å². The number of benzene rings is 2. The van der Waals surface area contributed by atoms with Gasteiger partial charge in [0.15, 0.2) is 0 Å². The normalized spacial score (nSPS) is 17.1. The topological polar surface area (TPSA) is 45.2 Å². The monoisotopic (exact) mass is 379 g/mol. The number of piperidine rings is 1. The molecule has 0 saturated carbocycles. The zero-order valence-electron chi connectivity index (χ0n) is 15.6. The molecule has 1 unspecified atom stereocenters. The number of amides is 1. The first-order valence-corrected chi connectivity index (χ1v) is 10.4. The summed E-state index contributed by atoms with van der Waals surface area (Å²) in [6.45, 7) is 4.41. The average Bonchev–Trinajstić information content (AvgIpc) is 3.13.